The van der Waals surface area contributed by atoms with Gasteiger partial charge in [0.25, 0.3) is 0 Å². The first-order valence-electron chi connectivity index (χ1n) is 8.68. The van der Waals surface area contributed by atoms with Crippen molar-refractivity contribution < 1.29 is 14.6 Å². The molecule has 4 N–H and O–H groups in total. The summed E-state index contributed by atoms with van der Waals surface area (Å²) in [5.41, 5.74) is 1.31. The van der Waals surface area contributed by atoms with Crippen LogP contribution in [0.5, 0.6) is 11.5 Å². The Kier molecular flexibility index (Phi) is 4.26. The quantitative estimate of drug-likeness (QED) is 0.579. The summed E-state index contributed by atoms with van der Waals surface area (Å²) in [7, 11) is 0. The second-order valence-corrected chi connectivity index (χ2v) is 6.54. The van der Waals surface area contributed by atoms with Crippen molar-refractivity contribution in [3.63, 3.8) is 0 Å². The maximum atomic E-state index is 12.6. The Morgan fingerprint density at radius 2 is 1.77 bits per heavy atom. The van der Waals surface area contributed by atoms with E-state index < -0.39 is 11.2 Å². The van der Waals surface area contributed by atoms with E-state index in [0.29, 0.717) is 22.6 Å². The highest BCUT2D eigenvalue weighted by atomic mass is 16.4. The first kappa shape index (κ1) is 16.5. The fraction of sp³-hybridized carbons (Fsp3) is 0.250. The number of benzene rings is 2. The van der Waals surface area contributed by atoms with Crippen LogP contribution in [0, 0.1) is 0 Å². The molecule has 2 heterocycles. The van der Waals surface area contributed by atoms with E-state index in [2.05, 4.69) is 10.6 Å². The van der Waals surface area contributed by atoms with E-state index in [1.54, 1.807) is 24.3 Å². The lowest BCUT2D eigenvalue weighted by Crippen LogP contribution is -2.35. The van der Waals surface area contributed by atoms with Crippen molar-refractivity contribution in [2.75, 3.05) is 18.4 Å². The molecule has 134 valence electrons. The van der Waals surface area contributed by atoms with Crippen LogP contribution in [0.4, 0.5) is 5.69 Å². The predicted molar refractivity (Wildman–Crippen MR) is 101 cm³/mol. The standard InChI is InChI=1S/C20H20N2O4/c23-15-4-1-12(2-5-15)20-19(25)18(24)16-11-14(3-6-17(16)26-20)22-13-7-9-21-10-8-13/h1-6,11,13,21-23,25H,7-10H2. The first-order chi connectivity index (χ1) is 12.6. The molecular formula is C20H20N2O4. The molecule has 0 amide bonds. The molecule has 0 spiro atoms. The lowest BCUT2D eigenvalue weighted by molar-refractivity contribution is 0.449. The zero-order valence-corrected chi connectivity index (χ0v) is 14.2. The topological polar surface area (TPSA) is 94.7 Å². The second-order valence-electron chi connectivity index (χ2n) is 6.54. The van der Waals surface area contributed by atoms with Crippen molar-refractivity contribution in [3.05, 3.63) is 52.7 Å². The Bertz CT molecular complexity index is 989. The lowest BCUT2D eigenvalue weighted by atomic mass is 10.1. The van der Waals surface area contributed by atoms with E-state index in [1.807, 2.05) is 6.07 Å². The largest absolute Gasteiger partial charge is 0.508 e. The van der Waals surface area contributed by atoms with Gasteiger partial charge in [0.2, 0.25) is 11.2 Å². The molecule has 0 bridgehead atoms. The highest BCUT2D eigenvalue weighted by Crippen LogP contribution is 2.31. The van der Waals surface area contributed by atoms with Gasteiger partial charge >= 0.3 is 0 Å². The van der Waals surface area contributed by atoms with Gasteiger partial charge < -0.3 is 25.3 Å². The van der Waals surface area contributed by atoms with Crippen molar-refractivity contribution >= 4 is 16.7 Å². The Balaban J connectivity index is 1.73. The number of hydrogen-bond acceptors (Lipinski definition) is 6. The molecular weight excluding hydrogens is 332 g/mol. The monoisotopic (exact) mass is 352 g/mol. The summed E-state index contributed by atoms with van der Waals surface area (Å²) >= 11 is 0. The van der Waals surface area contributed by atoms with Crippen molar-refractivity contribution in [1.82, 2.24) is 5.32 Å². The fourth-order valence-corrected chi connectivity index (χ4v) is 3.29. The SMILES string of the molecule is O=c1c(O)c(-c2ccc(O)cc2)oc2ccc(NC3CCNCC3)cc12. The fourth-order valence-electron chi connectivity index (χ4n) is 3.29. The van der Waals surface area contributed by atoms with Gasteiger partial charge in [0.1, 0.15) is 11.3 Å². The predicted octanol–water partition coefficient (Wildman–Crippen LogP) is 3.04. The van der Waals surface area contributed by atoms with Gasteiger partial charge in [0.05, 0.1) is 5.39 Å². The summed E-state index contributed by atoms with van der Waals surface area (Å²) in [5.74, 6) is -0.228. The third kappa shape index (κ3) is 3.11. The Hall–Kier alpha value is -2.99. The molecule has 2 aromatic carbocycles. The summed E-state index contributed by atoms with van der Waals surface area (Å²) in [6.45, 7) is 1.95. The minimum Gasteiger partial charge on any atom is -0.508 e. The van der Waals surface area contributed by atoms with Crippen LogP contribution in [0.3, 0.4) is 0 Å². The summed E-state index contributed by atoms with van der Waals surface area (Å²) < 4.78 is 5.77. The molecule has 0 aliphatic carbocycles. The Morgan fingerprint density at radius 3 is 2.50 bits per heavy atom. The van der Waals surface area contributed by atoms with E-state index >= 15 is 0 Å². The van der Waals surface area contributed by atoms with E-state index in [9.17, 15) is 15.0 Å². The molecule has 6 nitrogen and oxygen atoms in total. The Labute approximate surface area is 150 Å². The van der Waals surface area contributed by atoms with Crippen LogP contribution in [0.15, 0.2) is 51.7 Å². The van der Waals surface area contributed by atoms with Crippen molar-refractivity contribution in [2.24, 2.45) is 0 Å². The Morgan fingerprint density at radius 1 is 1.04 bits per heavy atom. The van der Waals surface area contributed by atoms with E-state index in [0.717, 1.165) is 31.6 Å². The van der Waals surface area contributed by atoms with Gasteiger partial charge in [-0.3, -0.25) is 4.79 Å². The van der Waals surface area contributed by atoms with Gasteiger partial charge in [-0.15, -0.1) is 0 Å². The van der Waals surface area contributed by atoms with Gasteiger partial charge in [0.15, 0.2) is 5.76 Å². The van der Waals surface area contributed by atoms with Crippen LogP contribution in [-0.4, -0.2) is 29.3 Å². The molecule has 1 fully saturated rings. The van der Waals surface area contributed by atoms with Crippen LogP contribution in [0.2, 0.25) is 0 Å². The molecule has 1 aliphatic heterocycles. The number of fused-ring (bicyclic) bond motifs is 1. The molecule has 3 aromatic rings. The average molecular weight is 352 g/mol. The van der Waals surface area contributed by atoms with E-state index in [4.69, 9.17) is 4.42 Å². The normalized spacial score (nSPS) is 15.2. The molecule has 1 aromatic heterocycles. The number of nitrogens with one attached hydrogen (secondary N) is 2. The highest BCUT2D eigenvalue weighted by Gasteiger charge is 2.17. The van der Waals surface area contributed by atoms with Crippen molar-refractivity contribution in [3.8, 4) is 22.8 Å². The minimum atomic E-state index is -0.469. The van der Waals surface area contributed by atoms with Crippen LogP contribution >= 0.6 is 0 Å². The summed E-state index contributed by atoms with van der Waals surface area (Å²) in [4.78, 5) is 12.6. The molecule has 0 radical (unpaired) electrons. The average Bonchev–Trinajstić information content (AvgIpc) is 2.67. The summed E-state index contributed by atoms with van der Waals surface area (Å²) in [6, 6.07) is 11.8. The molecule has 4 rings (SSSR count). The number of aromatic hydroxyl groups is 2. The highest BCUT2D eigenvalue weighted by molar-refractivity contribution is 5.84. The van der Waals surface area contributed by atoms with Gasteiger partial charge in [-0.2, -0.15) is 0 Å². The van der Waals surface area contributed by atoms with Crippen molar-refractivity contribution in [1.29, 1.82) is 0 Å². The third-order valence-corrected chi connectivity index (χ3v) is 4.71. The number of rotatable bonds is 3. The second kappa shape index (κ2) is 6.72. The molecule has 0 saturated carbocycles. The molecule has 0 atom stereocenters. The van der Waals surface area contributed by atoms with Gasteiger partial charge in [0, 0.05) is 17.3 Å². The molecule has 26 heavy (non-hydrogen) atoms. The smallest absolute Gasteiger partial charge is 0.235 e. The molecule has 1 saturated heterocycles. The number of piperidine rings is 1. The van der Waals surface area contributed by atoms with Gasteiger partial charge in [-0.25, -0.2) is 0 Å². The molecule has 6 heteroatoms. The zero-order chi connectivity index (χ0) is 18.1. The van der Waals surface area contributed by atoms with E-state index in [1.165, 1.54) is 12.1 Å². The van der Waals surface area contributed by atoms with E-state index in [-0.39, 0.29) is 11.5 Å². The number of phenols is 1. The minimum absolute atomic E-state index is 0.0987. The lowest BCUT2D eigenvalue weighted by Gasteiger charge is -2.24. The van der Waals surface area contributed by atoms with Crippen LogP contribution in [-0.2, 0) is 0 Å². The van der Waals surface area contributed by atoms with Gasteiger partial charge in [-0.1, -0.05) is 0 Å². The summed E-state index contributed by atoms with van der Waals surface area (Å²) in [6.07, 6.45) is 2.05. The zero-order valence-electron chi connectivity index (χ0n) is 14.2. The van der Waals surface area contributed by atoms with Crippen LogP contribution < -0.4 is 16.1 Å². The van der Waals surface area contributed by atoms with Crippen LogP contribution in [0.1, 0.15) is 12.8 Å². The number of anilines is 1. The summed E-state index contributed by atoms with van der Waals surface area (Å²) in [5, 5.41) is 26.8. The molecule has 1 aliphatic rings. The maximum Gasteiger partial charge on any atom is 0.235 e. The van der Waals surface area contributed by atoms with Gasteiger partial charge in [-0.05, 0) is 68.4 Å². The number of hydrogen-bond donors (Lipinski definition) is 4. The number of phenolic OH excluding ortho intramolecular Hbond substituents is 1. The maximum absolute atomic E-state index is 12.6. The van der Waals surface area contributed by atoms with Crippen molar-refractivity contribution in [2.45, 2.75) is 18.9 Å². The third-order valence-electron chi connectivity index (χ3n) is 4.71. The molecule has 0 unspecified atom stereocenters. The van der Waals surface area contributed by atoms with Crippen LogP contribution in [0.25, 0.3) is 22.3 Å². The first-order valence-corrected chi connectivity index (χ1v) is 8.68.